The fourth-order valence-corrected chi connectivity index (χ4v) is 2.47. The van der Waals surface area contributed by atoms with Crippen molar-refractivity contribution in [3.63, 3.8) is 0 Å². The Balaban J connectivity index is 2.12. The summed E-state index contributed by atoms with van der Waals surface area (Å²) in [5.74, 6) is -0.532. The molecule has 0 aliphatic carbocycles. The zero-order chi connectivity index (χ0) is 14.0. The second kappa shape index (κ2) is 5.14. The van der Waals surface area contributed by atoms with Crippen molar-refractivity contribution in [2.45, 2.75) is 31.9 Å². The summed E-state index contributed by atoms with van der Waals surface area (Å²) in [4.78, 5) is 25.2. The number of nitrogens with zero attached hydrogens (tertiary/aromatic N) is 1. The van der Waals surface area contributed by atoms with Crippen LogP contribution in [0.3, 0.4) is 0 Å². The smallest absolute Gasteiger partial charge is 0.254 e. The van der Waals surface area contributed by atoms with Gasteiger partial charge in [-0.1, -0.05) is 13.0 Å². The number of nitrogens with one attached hydrogen (secondary N) is 1. The van der Waals surface area contributed by atoms with E-state index in [1.54, 1.807) is 6.08 Å². The summed E-state index contributed by atoms with van der Waals surface area (Å²) < 4.78 is 0. The minimum absolute atomic E-state index is 0.255. The van der Waals surface area contributed by atoms with Gasteiger partial charge in [0, 0.05) is 24.6 Å². The topological polar surface area (TPSA) is 89.9 Å². The second-order valence-electron chi connectivity index (χ2n) is 4.72. The molecule has 19 heavy (non-hydrogen) atoms. The molecule has 1 fully saturated rings. The van der Waals surface area contributed by atoms with Crippen molar-refractivity contribution in [2.75, 3.05) is 13.2 Å². The van der Waals surface area contributed by atoms with Crippen LogP contribution in [0.2, 0.25) is 0 Å². The van der Waals surface area contributed by atoms with Gasteiger partial charge in [0.2, 0.25) is 11.5 Å². The van der Waals surface area contributed by atoms with Crippen molar-refractivity contribution in [1.82, 2.24) is 10.2 Å². The number of aliphatic hydroxyl groups is 2. The Hall–Kier alpha value is -1.66. The predicted octanol–water partition coefficient (Wildman–Crippen LogP) is -0.360. The third kappa shape index (κ3) is 2.29. The summed E-state index contributed by atoms with van der Waals surface area (Å²) in [5.41, 5.74) is -1.23. The van der Waals surface area contributed by atoms with Gasteiger partial charge in [-0.05, 0) is 12.8 Å². The molecule has 6 nitrogen and oxygen atoms in total. The van der Waals surface area contributed by atoms with Crippen LogP contribution in [0.5, 0.6) is 0 Å². The van der Waals surface area contributed by atoms with Crippen molar-refractivity contribution in [3.05, 3.63) is 23.5 Å². The summed E-state index contributed by atoms with van der Waals surface area (Å²) in [7, 11) is 0. The fourth-order valence-electron chi connectivity index (χ4n) is 2.47. The number of rotatable bonds is 4. The lowest BCUT2D eigenvalue weighted by Crippen LogP contribution is -2.47. The van der Waals surface area contributed by atoms with Crippen LogP contribution in [0.25, 0.3) is 0 Å². The lowest BCUT2D eigenvalue weighted by atomic mass is 10.1. The molecule has 1 amide bonds. The molecule has 0 radical (unpaired) electrons. The fraction of sp³-hybridized carbons (Fsp3) is 0.538. The van der Waals surface area contributed by atoms with E-state index in [0.717, 1.165) is 0 Å². The van der Waals surface area contributed by atoms with Gasteiger partial charge in [-0.25, -0.2) is 0 Å². The van der Waals surface area contributed by atoms with Gasteiger partial charge in [0.15, 0.2) is 0 Å². The SMILES string of the molecule is CC/C=C(\CO)C(=O)NC1=CC(=O)[C@@]2(O)CCCN12. The molecule has 0 aromatic heterocycles. The molecule has 1 saturated heterocycles. The molecule has 2 heterocycles. The van der Waals surface area contributed by atoms with E-state index in [9.17, 15) is 14.7 Å². The van der Waals surface area contributed by atoms with Gasteiger partial charge in [0.05, 0.1) is 6.61 Å². The third-order valence-corrected chi connectivity index (χ3v) is 3.46. The molecule has 1 atom stereocenters. The molecular weight excluding hydrogens is 248 g/mol. The van der Waals surface area contributed by atoms with Crippen LogP contribution in [0, 0.1) is 0 Å². The van der Waals surface area contributed by atoms with Gasteiger partial charge in [0.1, 0.15) is 5.82 Å². The first kappa shape index (κ1) is 13.8. The largest absolute Gasteiger partial charge is 0.391 e. The molecule has 6 heteroatoms. The van der Waals surface area contributed by atoms with Crippen LogP contribution in [0.1, 0.15) is 26.2 Å². The normalized spacial score (nSPS) is 26.5. The second-order valence-corrected chi connectivity index (χ2v) is 4.72. The van der Waals surface area contributed by atoms with Crippen LogP contribution in [-0.4, -0.2) is 45.7 Å². The standard InChI is InChI=1S/C13H18N2O4/c1-2-4-9(8-16)12(18)14-11-7-10(17)13(19)5-3-6-15(11)13/h4,7,16,19H,2-3,5-6,8H2,1H3,(H,14,18)/b9-4+/t13-/m0/s1. The highest BCUT2D eigenvalue weighted by atomic mass is 16.3. The Kier molecular flexibility index (Phi) is 3.73. The number of ketones is 1. The van der Waals surface area contributed by atoms with Gasteiger partial charge >= 0.3 is 0 Å². The van der Waals surface area contributed by atoms with Gasteiger partial charge in [-0.15, -0.1) is 0 Å². The highest BCUT2D eigenvalue weighted by molar-refractivity contribution is 6.02. The minimum Gasteiger partial charge on any atom is -0.391 e. The Bertz CT molecular complexity index is 469. The summed E-state index contributed by atoms with van der Waals surface area (Å²) >= 11 is 0. The van der Waals surface area contributed by atoms with E-state index in [1.807, 2.05) is 6.92 Å². The van der Waals surface area contributed by atoms with Crippen LogP contribution < -0.4 is 5.32 Å². The Labute approximate surface area is 111 Å². The first-order valence-corrected chi connectivity index (χ1v) is 6.40. The number of allylic oxidation sites excluding steroid dienone is 1. The first-order valence-electron chi connectivity index (χ1n) is 6.40. The van der Waals surface area contributed by atoms with Crippen molar-refractivity contribution in [2.24, 2.45) is 0 Å². The molecule has 0 saturated carbocycles. The molecule has 0 aromatic carbocycles. The predicted molar refractivity (Wildman–Crippen MR) is 67.6 cm³/mol. The Morgan fingerprint density at radius 3 is 3.00 bits per heavy atom. The monoisotopic (exact) mass is 266 g/mol. The molecule has 0 spiro atoms. The number of fused-ring (bicyclic) bond motifs is 1. The first-order chi connectivity index (χ1) is 9.02. The highest BCUT2D eigenvalue weighted by Crippen LogP contribution is 2.35. The number of amides is 1. The Morgan fingerprint density at radius 1 is 1.63 bits per heavy atom. The molecule has 0 bridgehead atoms. The average molecular weight is 266 g/mol. The number of hydrogen-bond donors (Lipinski definition) is 3. The number of aliphatic hydroxyl groups excluding tert-OH is 1. The lowest BCUT2D eigenvalue weighted by molar-refractivity contribution is -0.142. The van der Waals surface area contributed by atoms with Crippen LogP contribution >= 0.6 is 0 Å². The van der Waals surface area contributed by atoms with Crippen LogP contribution in [-0.2, 0) is 9.59 Å². The number of hydrogen-bond acceptors (Lipinski definition) is 5. The average Bonchev–Trinajstić information content (AvgIpc) is 2.86. The van der Waals surface area contributed by atoms with E-state index in [1.165, 1.54) is 11.0 Å². The molecule has 2 aliphatic rings. The molecule has 2 aliphatic heterocycles. The lowest BCUT2D eigenvalue weighted by Gasteiger charge is -2.28. The van der Waals surface area contributed by atoms with E-state index < -0.39 is 17.4 Å². The van der Waals surface area contributed by atoms with Gasteiger partial charge in [-0.2, -0.15) is 0 Å². The molecule has 3 N–H and O–H groups in total. The maximum Gasteiger partial charge on any atom is 0.254 e. The zero-order valence-corrected chi connectivity index (χ0v) is 10.8. The van der Waals surface area contributed by atoms with Gasteiger partial charge in [-0.3, -0.25) is 9.59 Å². The van der Waals surface area contributed by atoms with E-state index in [2.05, 4.69) is 5.32 Å². The summed E-state index contributed by atoms with van der Waals surface area (Å²) in [5, 5.41) is 21.9. The summed E-state index contributed by atoms with van der Waals surface area (Å²) in [6.07, 6.45) is 4.59. The van der Waals surface area contributed by atoms with Crippen molar-refractivity contribution < 1.29 is 19.8 Å². The van der Waals surface area contributed by atoms with Crippen molar-refractivity contribution >= 4 is 11.7 Å². The number of carbonyl (C=O) groups excluding carboxylic acids is 2. The van der Waals surface area contributed by atoms with E-state index in [-0.39, 0.29) is 12.2 Å². The van der Waals surface area contributed by atoms with Crippen molar-refractivity contribution in [3.8, 4) is 0 Å². The minimum atomic E-state index is -1.49. The maximum atomic E-state index is 11.9. The molecule has 2 rings (SSSR count). The summed E-state index contributed by atoms with van der Waals surface area (Å²) in [6, 6.07) is 0. The number of carbonyl (C=O) groups is 2. The van der Waals surface area contributed by atoms with Crippen molar-refractivity contribution in [1.29, 1.82) is 0 Å². The van der Waals surface area contributed by atoms with E-state index in [4.69, 9.17) is 5.11 Å². The quantitative estimate of drug-likeness (QED) is 0.605. The maximum absolute atomic E-state index is 11.9. The van der Waals surface area contributed by atoms with Crippen LogP contribution in [0.4, 0.5) is 0 Å². The molecular formula is C13H18N2O4. The Morgan fingerprint density at radius 2 is 2.37 bits per heavy atom. The molecule has 0 aromatic rings. The van der Waals surface area contributed by atoms with E-state index >= 15 is 0 Å². The third-order valence-electron chi connectivity index (χ3n) is 3.46. The highest BCUT2D eigenvalue weighted by Gasteiger charge is 2.50. The van der Waals surface area contributed by atoms with Crippen LogP contribution in [0.15, 0.2) is 23.5 Å². The van der Waals surface area contributed by atoms with E-state index in [0.29, 0.717) is 31.6 Å². The summed E-state index contributed by atoms with van der Waals surface area (Å²) in [6.45, 7) is 2.03. The van der Waals surface area contributed by atoms with Gasteiger partial charge in [0.25, 0.3) is 5.91 Å². The van der Waals surface area contributed by atoms with Gasteiger partial charge < -0.3 is 20.4 Å². The zero-order valence-electron chi connectivity index (χ0n) is 10.8. The molecule has 104 valence electrons. The molecule has 0 unspecified atom stereocenters.